The first kappa shape index (κ1) is 20.8. The minimum absolute atomic E-state index is 0.143. The third-order valence-corrected chi connectivity index (χ3v) is 4.11. The van der Waals surface area contributed by atoms with Gasteiger partial charge in [0.2, 0.25) is 11.6 Å². The standard InChI is InChI=1S/C22H20O6/c1-13-5-9-15(10-6-13)19(23)17(21(25)27-3)18(22(26)28-4)20(24)16-11-7-14(2)8-12-16/h5-12H,1-4H3/b18-17+. The number of hydrogen-bond acceptors (Lipinski definition) is 6. The van der Waals surface area contributed by atoms with E-state index in [0.717, 1.165) is 25.3 Å². The van der Waals surface area contributed by atoms with Gasteiger partial charge < -0.3 is 9.47 Å². The van der Waals surface area contributed by atoms with Gasteiger partial charge in [0.25, 0.3) is 0 Å². The maximum atomic E-state index is 13.0. The molecule has 0 saturated heterocycles. The molecule has 0 unspecified atom stereocenters. The lowest BCUT2D eigenvalue weighted by Gasteiger charge is -2.12. The molecule has 2 aromatic carbocycles. The number of rotatable bonds is 6. The van der Waals surface area contributed by atoms with Gasteiger partial charge in [-0.1, -0.05) is 59.7 Å². The van der Waals surface area contributed by atoms with Crippen molar-refractivity contribution in [1.29, 1.82) is 0 Å². The van der Waals surface area contributed by atoms with Crippen LogP contribution in [0.25, 0.3) is 0 Å². The highest BCUT2D eigenvalue weighted by atomic mass is 16.5. The molecular weight excluding hydrogens is 360 g/mol. The van der Waals surface area contributed by atoms with Crippen LogP contribution in [0.4, 0.5) is 0 Å². The van der Waals surface area contributed by atoms with Gasteiger partial charge in [0, 0.05) is 11.1 Å². The molecule has 0 aliphatic rings. The van der Waals surface area contributed by atoms with E-state index in [4.69, 9.17) is 0 Å². The highest BCUT2D eigenvalue weighted by molar-refractivity contribution is 6.36. The van der Waals surface area contributed by atoms with E-state index in [9.17, 15) is 19.2 Å². The average molecular weight is 380 g/mol. The number of carbonyl (C=O) groups is 4. The Morgan fingerprint density at radius 2 is 0.857 bits per heavy atom. The van der Waals surface area contributed by atoms with E-state index < -0.39 is 34.7 Å². The predicted molar refractivity (Wildman–Crippen MR) is 102 cm³/mol. The molecular formula is C22H20O6. The highest BCUT2D eigenvalue weighted by Gasteiger charge is 2.34. The van der Waals surface area contributed by atoms with Gasteiger partial charge in [-0.15, -0.1) is 0 Å². The fourth-order valence-corrected chi connectivity index (χ4v) is 2.52. The van der Waals surface area contributed by atoms with Crippen molar-refractivity contribution in [3.8, 4) is 0 Å². The van der Waals surface area contributed by atoms with Gasteiger partial charge in [-0.2, -0.15) is 0 Å². The number of hydrogen-bond donors (Lipinski definition) is 0. The number of ether oxygens (including phenoxy) is 2. The number of benzene rings is 2. The molecule has 2 aromatic rings. The number of methoxy groups -OCH3 is 2. The van der Waals surface area contributed by atoms with Crippen molar-refractivity contribution >= 4 is 23.5 Å². The van der Waals surface area contributed by atoms with Crippen LogP contribution in [0.3, 0.4) is 0 Å². The summed E-state index contributed by atoms with van der Waals surface area (Å²) < 4.78 is 9.36. The number of aryl methyl sites for hydroxylation is 2. The SMILES string of the molecule is COC(=O)/C(C(=O)c1ccc(C)cc1)=C(/C(=O)OC)C(=O)c1ccc(C)cc1. The molecule has 144 valence electrons. The Bertz CT molecular complexity index is 870. The van der Waals surface area contributed by atoms with E-state index in [2.05, 4.69) is 9.47 Å². The van der Waals surface area contributed by atoms with Crippen LogP contribution in [-0.4, -0.2) is 37.7 Å². The van der Waals surface area contributed by atoms with Crippen LogP contribution >= 0.6 is 0 Å². The summed E-state index contributed by atoms with van der Waals surface area (Å²) in [7, 11) is 2.13. The Labute approximate surface area is 162 Å². The molecule has 0 fully saturated rings. The molecule has 0 amide bonds. The molecule has 0 N–H and O–H groups in total. The van der Waals surface area contributed by atoms with Crippen LogP contribution < -0.4 is 0 Å². The van der Waals surface area contributed by atoms with Gasteiger partial charge in [-0.25, -0.2) is 9.59 Å². The molecule has 0 atom stereocenters. The lowest BCUT2D eigenvalue weighted by molar-refractivity contribution is -0.138. The van der Waals surface area contributed by atoms with Crippen LogP contribution in [0.15, 0.2) is 59.7 Å². The fourth-order valence-electron chi connectivity index (χ4n) is 2.52. The smallest absolute Gasteiger partial charge is 0.342 e. The number of ketones is 2. The van der Waals surface area contributed by atoms with E-state index in [-0.39, 0.29) is 11.1 Å². The lowest BCUT2D eigenvalue weighted by atomic mass is 9.92. The van der Waals surface area contributed by atoms with Crippen molar-refractivity contribution in [1.82, 2.24) is 0 Å². The van der Waals surface area contributed by atoms with E-state index in [1.807, 2.05) is 13.8 Å². The number of carbonyl (C=O) groups excluding carboxylic acids is 4. The van der Waals surface area contributed by atoms with Gasteiger partial charge >= 0.3 is 11.9 Å². The second-order valence-electron chi connectivity index (χ2n) is 6.12. The van der Waals surface area contributed by atoms with E-state index in [1.54, 1.807) is 24.3 Å². The Morgan fingerprint density at radius 3 is 1.11 bits per heavy atom. The molecule has 0 aliphatic carbocycles. The van der Waals surface area contributed by atoms with Gasteiger partial charge in [0.1, 0.15) is 11.1 Å². The quantitative estimate of drug-likeness (QED) is 0.252. The highest BCUT2D eigenvalue weighted by Crippen LogP contribution is 2.20. The Kier molecular flexibility index (Phi) is 6.60. The van der Waals surface area contributed by atoms with Crippen LogP contribution in [0, 0.1) is 13.8 Å². The summed E-state index contributed by atoms with van der Waals surface area (Å²) in [5, 5.41) is 0. The monoisotopic (exact) mass is 380 g/mol. The first-order chi connectivity index (χ1) is 13.3. The zero-order valence-electron chi connectivity index (χ0n) is 16.1. The molecule has 0 aromatic heterocycles. The summed E-state index contributed by atoms with van der Waals surface area (Å²) in [6.07, 6.45) is 0. The van der Waals surface area contributed by atoms with Crippen LogP contribution in [0.2, 0.25) is 0 Å². The van der Waals surface area contributed by atoms with Crippen molar-refractivity contribution in [2.24, 2.45) is 0 Å². The fraction of sp³-hybridized carbons (Fsp3) is 0.182. The first-order valence-electron chi connectivity index (χ1n) is 8.43. The molecule has 0 radical (unpaired) electrons. The Hall–Kier alpha value is -3.54. The van der Waals surface area contributed by atoms with Crippen LogP contribution in [0.1, 0.15) is 31.8 Å². The molecule has 28 heavy (non-hydrogen) atoms. The molecule has 6 nitrogen and oxygen atoms in total. The minimum atomic E-state index is -1.09. The van der Waals surface area contributed by atoms with Gasteiger partial charge in [0.05, 0.1) is 14.2 Å². The molecule has 2 rings (SSSR count). The zero-order valence-corrected chi connectivity index (χ0v) is 16.1. The van der Waals surface area contributed by atoms with Crippen molar-refractivity contribution in [2.75, 3.05) is 14.2 Å². The summed E-state index contributed by atoms with van der Waals surface area (Å²) in [4.78, 5) is 50.7. The molecule has 6 heteroatoms. The number of esters is 2. The Balaban J connectivity index is 2.71. The van der Waals surface area contributed by atoms with Crippen molar-refractivity contribution < 1.29 is 28.7 Å². The summed E-state index contributed by atoms with van der Waals surface area (Å²) in [5.74, 6) is -3.78. The van der Waals surface area contributed by atoms with Crippen LogP contribution in [-0.2, 0) is 19.1 Å². The topological polar surface area (TPSA) is 86.7 Å². The predicted octanol–water partition coefficient (Wildman–Crippen LogP) is 3.01. The summed E-state index contributed by atoms with van der Waals surface area (Å²) >= 11 is 0. The second-order valence-corrected chi connectivity index (χ2v) is 6.12. The average Bonchev–Trinajstić information content (AvgIpc) is 2.71. The van der Waals surface area contributed by atoms with E-state index in [1.165, 1.54) is 24.3 Å². The summed E-state index contributed by atoms with van der Waals surface area (Å²) in [5.41, 5.74) is 0.772. The first-order valence-corrected chi connectivity index (χ1v) is 8.43. The zero-order chi connectivity index (χ0) is 20.8. The molecule has 0 heterocycles. The molecule has 0 aliphatic heterocycles. The third-order valence-electron chi connectivity index (χ3n) is 4.11. The largest absolute Gasteiger partial charge is 0.465 e. The maximum absolute atomic E-state index is 13.0. The third kappa shape index (κ3) is 4.40. The summed E-state index contributed by atoms with van der Waals surface area (Å²) in [6, 6.07) is 12.8. The van der Waals surface area contributed by atoms with Crippen molar-refractivity contribution in [3.63, 3.8) is 0 Å². The Morgan fingerprint density at radius 1 is 0.571 bits per heavy atom. The van der Waals surface area contributed by atoms with Crippen LogP contribution in [0.5, 0.6) is 0 Å². The summed E-state index contributed by atoms with van der Waals surface area (Å²) in [6.45, 7) is 3.68. The van der Waals surface area contributed by atoms with Crippen molar-refractivity contribution in [2.45, 2.75) is 13.8 Å². The van der Waals surface area contributed by atoms with Crippen molar-refractivity contribution in [3.05, 3.63) is 81.9 Å². The second kappa shape index (κ2) is 8.90. The van der Waals surface area contributed by atoms with E-state index in [0.29, 0.717) is 0 Å². The van der Waals surface area contributed by atoms with E-state index >= 15 is 0 Å². The normalized spacial score (nSPS) is 11.3. The molecule has 0 saturated carbocycles. The van der Waals surface area contributed by atoms with Gasteiger partial charge in [0.15, 0.2) is 0 Å². The maximum Gasteiger partial charge on any atom is 0.342 e. The lowest BCUT2D eigenvalue weighted by Crippen LogP contribution is -2.26. The van der Waals surface area contributed by atoms with Gasteiger partial charge in [-0.3, -0.25) is 9.59 Å². The number of Topliss-reactive ketones (excluding diaryl/α,β-unsaturated/α-hetero) is 2. The minimum Gasteiger partial charge on any atom is -0.465 e. The molecule has 0 spiro atoms. The van der Waals surface area contributed by atoms with Gasteiger partial charge in [-0.05, 0) is 13.8 Å². The molecule has 0 bridgehead atoms.